The van der Waals surface area contributed by atoms with Crippen molar-refractivity contribution >= 4 is 63.8 Å². The highest BCUT2D eigenvalue weighted by Crippen LogP contribution is 2.28. The fraction of sp³-hybridized carbons (Fsp3) is 0.0909. The average molecular weight is 501 g/mol. The van der Waals surface area contributed by atoms with Crippen LogP contribution >= 0.6 is 0 Å². The van der Waals surface area contributed by atoms with Crippen molar-refractivity contribution in [1.29, 1.82) is 0 Å². The largest absolute Gasteiger partial charge is 0.354 e. The predicted octanol–water partition coefficient (Wildman–Crippen LogP) is 2.79. The fourth-order valence-electron chi connectivity index (χ4n) is 4.36. The number of benzene rings is 3. The summed E-state index contributed by atoms with van der Waals surface area (Å²) in [6, 6.07) is 8.25. The number of hydrogen-bond donors (Lipinski definition) is 4. The fourth-order valence-corrected chi connectivity index (χ4v) is 6.03. The van der Waals surface area contributed by atoms with Crippen LogP contribution in [0.4, 0.5) is 0 Å². The zero-order chi connectivity index (χ0) is 24.7. The lowest BCUT2D eigenvalue weighted by Crippen LogP contribution is -2.13. The van der Waals surface area contributed by atoms with E-state index in [-0.39, 0.29) is 59.6 Å². The summed E-state index contributed by atoms with van der Waals surface area (Å²) in [4.78, 5) is 31.5. The van der Waals surface area contributed by atoms with E-state index in [0.29, 0.717) is 0 Å². The number of fused-ring (bicyclic) bond motifs is 4. The molecular weight excluding hydrogens is 484 g/mol. The Bertz CT molecular complexity index is 2070. The van der Waals surface area contributed by atoms with Crippen molar-refractivity contribution in [3.8, 4) is 0 Å². The van der Waals surface area contributed by atoms with Crippen LogP contribution in [0.15, 0.2) is 55.8 Å². The molecule has 0 radical (unpaired) electrons. The van der Waals surface area contributed by atoms with Crippen LogP contribution in [0.25, 0.3) is 43.6 Å². The molecule has 0 aliphatic carbocycles. The Morgan fingerprint density at radius 1 is 0.647 bits per heavy atom. The Balaban J connectivity index is 1.97. The van der Waals surface area contributed by atoms with Gasteiger partial charge >= 0.3 is 0 Å². The molecule has 5 aromatic rings. The van der Waals surface area contributed by atoms with Crippen LogP contribution in [0, 0.1) is 13.8 Å². The molecule has 0 atom stereocenters. The number of rotatable bonds is 2. The molecule has 0 saturated heterocycles. The van der Waals surface area contributed by atoms with E-state index in [4.69, 9.17) is 0 Å². The van der Waals surface area contributed by atoms with Gasteiger partial charge in [-0.3, -0.25) is 18.7 Å². The summed E-state index contributed by atoms with van der Waals surface area (Å²) in [7, 11) is -9.25. The standard InChI is InChI=1S/C22H16N2O8S2/c1-9-3-4-14-19(22(9)34(30,31)32)21(26)13-7-15-12(6-16(13)23-14)20(25)11-5-10(2)18(33(27,28)29)8-17(11)24-15/h3-8H,1-2H3,(H,23,26)(H,24,25)(H,27,28,29)(H,30,31,32). The molecule has 34 heavy (non-hydrogen) atoms. The third-order valence-electron chi connectivity index (χ3n) is 5.86. The number of hydrogen-bond acceptors (Lipinski definition) is 6. The second-order valence-electron chi connectivity index (χ2n) is 8.10. The second-order valence-corrected chi connectivity index (χ2v) is 10.8. The van der Waals surface area contributed by atoms with Crippen molar-refractivity contribution in [1.82, 2.24) is 9.97 Å². The first-order chi connectivity index (χ1) is 15.8. The van der Waals surface area contributed by atoms with E-state index in [1.807, 2.05) is 0 Å². The molecule has 0 saturated carbocycles. The molecule has 0 bridgehead atoms. The van der Waals surface area contributed by atoms with Gasteiger partial charge in [0.05, 0.1) is 32.3 Å². The highest BCUT2D eigenvalue weighted by atomic mass is 32.2. The topological polar surface area (TPSA) is 174 Å². The van der Waals surface area contributed by atoms with Crippen LogP contribution in [-0.2, 0) is 20.2 Å². The lowest BCUT2D eigenvalue weighted by Gasteiger charge is -2.11. The van der Waals surface area contributed by atoms with Gasteiger partial charge in [0, 0.05) is 16.2 Å². The van der Waals surface area contributed by atoms with Gasteiger partial charge in [-0.1, -0.05) is 6.07 Å². The summed E-state index contributed by atoms with van der Waals surface area (Å²) in [6.45, 7) is 2.90. The Kier molecular flexibility index (Phi) is 4.55. The lowest BCUT2D eigenvalue weighted by atomic mass is 10.0. The van der Waals surface area contributed by atoms with E-state index in [0.717, 1.165) is 6.07 Å². The molecule has 12 heteroatoms. The van der Waals surface area contributed by atoms with Gasteiger partial charge < -0.3 is 9.97 Å². The van der Waals surface area contributed by atoms with Gasteiger partial charge in [-0.25, -0.2) is 0 Å². The van der Waals surface area contributed by atoms with Crippen molar-refractivity contribution in [2.75, 3.05) is 0 Å². The molecule has 0 unspecified atom stereocenters. The third-order valence-corrected chi connectivity index (χ3v) is 7.90. The quantitative estimate of drug-likeness (QED) is 0.211. The van der Waals surface area contributed by atoms with Gasteiger partial charge in [0.15, 0.2) is 10.9 Å². The predicted molar refractivity (Wildman–Crippen MR) is 127 cm³/mol. The van der Waals surface area contributed by atoms with Crippen LogP contribution in [-0.4, -0.2) is 35.9 Å². The first kappa shape index (κ1) is 22.2. The van der Waals surface area contributed by atoms with Gasteiger partial charge in [-0.2, -0.15) is 16.8 Å². The van der Waals surface area contributed by atoms with E-state index in [2.05, 4.69) is 9.97 Å². The summed E-state index contributed by atoms with van der Waals surface area (Å²) >= 11 is 0. The number of pyridine rings is 2. The van der Waals surface area contributed by atoms with E-state index in [9.17, 15) is 35.5 Å². The van der Waals surface area contributed by atoms with Crippen LogP contribution in [0.1, 0.15) is 11.1 Å². The monoisotopic (exact) mass is 500 g/mol. The highest BCUT2D eigenvalue weighted by molar-refractivity contribution is 7.86. The molecule has 4 N–H and O–H groups in total. The highest BCUT2D eigenvalue weighted by Gasteiger charge is 2.22. The zero-order valence-electron chi connectivity index (χ0n) is 17.6. The maximum Gasteiger partial charge on any atom is 0.295 e. The molecule has 0 aliphatic heterocycles. The number of aromatic amines is 2. The van der Waals surface area contributed by atoms with Crippen LogP contribution < -0.4 is 10.9 Å². The van der Waals surface area contributed by atoms with Gasteiger partial charge in [-0.15, -0.1) is 0 Å². The summed E-state index contributed by atoms with van der Waals surface area (Å²) in [5.41, 5.74) is 0.0286. The summed E-state index contributed by atoms with van der Waals surface area (Å²) < 4.78 is 66.5. The molecule has 10 nitrogen and oxygen atoms in total. The molecule has 0 spiro atoms. The third kappa shape index (κ3) is 3.22. The van der Waals surface area contributed by atoms with E-state index in [1.54, 1.807) is 0 Å². The molecule has 3 aromatic carbocycles. The first-order valence-electron chi connectivity index (χ1n) is 9.82. The number of nitrogens with one attached hydrogen (secondary N) is 2. The molecule has 174 valence electrons. The number of aromatic nitrogens is 2. The molecule has 2 heterocycles. The van der Waals surface area contributed by atoms with E-state index in [1.165, 1.54) is 44.2 Å². The minimum Gasteiger partial charge on any atom is -0.354 e. The van der Waals surface area contributed by atoms with Crippen molar-refractivity contribution in [2.24, 2.45) is 0 Å². The Morgan fingerprint density at radius 2 is 1.18 bits per heavy atom. The molecule has 0 amide bonds. The van der Waals surface area contributed by atoms with Gasteiger partial charge in [-0.05, 0) is 55.3 Å². The van der Waals surface area contributed by atoms with Crippen molar-refractivity contribution in [3.63, 3.8) is 0 Å². The van der Waals surface area contributed by atoms with Crippen LogP contribution in [0.5, 0.6) is 0 Å². The summed E-state index contributed by atoms with van der Waals surface area (Å²) in [6.07, 6.45) is 0. The van der Waals surface area contributed by atoms with Gasteiger partial charge in [0.1, 0.15) is 4.90 Å². The SMILES string of the molecule is Cc1cc2c(=O)c3cc4[nH]c5ccc(C)c(S(=O)(=O)O)c5c(=O)c4cc3[nH]c2cc1S(=O)(=O)O. The van der Waals surface area contributed by atoms with Crippen LogP contribution in [0.3, 0.4) is 0 Å². The first-order valence-corrected chi connectivity index (χ1v) is 12.7. The maximum absolute atomic E-state index is 13.3. The molecule has 5 rings (SSSR count). The van der Waals surface area contributed by atoms with Gasteiger partial charge in [0.25, 0.3) is 20.2 Å². The summed E-state index contributed by atoms with van der Waals surface area (Å²) in [5.74, 6) is 0. The lowest BCUT2D eigenvalue weighted by molar-refractivity contribution is 0.480. The second kappa shape index (κ2) is 6.96. The number of H-pyrrole nitrogens is 2. The number of aryl methyl sites for hydroxylation is 2. The molecule has 2 aromatic heterocycles. The zero-order valence-corrected chi connectivity index (χ0v) is 19.3. The smallest absolute Gasteiger partial charge is 0.295 e. The normalized spacial score (nSPS) is 12.8. The maximum atomic E-state index is 13.3. The Labute approximate surface area is 191 Å². The minimum absolute atomic E-state index is 0.0487. The molecule has 0 aliphatic rings. The van der Waals surface area contributed by atoms with E-state index >= 15 is 0 Å². The summed E-state index contributed by atoms with van der Waals surface area (Å²) in [5, 5.41) is 0.217. The van der Waals surface area contributed by atoms with Crippen molar-refractivity contribution < 1.29 is 25.9 Å². The van der Waals surface area contributed by atoms with E-state index < -0.39 is 36.0 Å². The average Bonchev–Trinajstić information content (AvgIpc) is 2.72. The Hall–Kier alpha value is -3.58. The Morgan fingerprint density at radius 3 is 1.76 bits per heavy atom. The van der Waals surface area contributed by atoms with Gasteiger partial charge in [0.2, 0.25) is 0 Å². The van der Waals surface area contributed by atoms with Crippen molar-refractivity contribution in [2.45, 2.75) is 23.6 Å². The molecular formula is C22H16N2O8S2. The van der Waals surface area contributed by atoms with Crippen molar-refractivity contribution in [3.05, 3.63) is 68.0 Å². The minimum atomic E-state index is -4.71. The molecule has 0 fully saturated rings. The van der Waals surface area contributed by atoms with Crippen LogP contribution in [0.2, 0.25) is 0 Å².